The maximum Gasteiger partial charge on any atom is 0.225 e. The number of aliphatic hydroxyl groups is 1. The molecule has 5 atom stereocenters. The summed E-state index contributed by atoms with van der Waals surface area (Å²) in [4.78, 5) is 25.9. The van der Waals surface area contributed by atoms with E-state index in [1.165, 1.54) is 6.07 Å². The van der Waals surface area contributed by atoms with E-state index in [4.69, 9.17) is 0 Å². The Morgan fingerprint density at radius 1 is 1.35 bits per heavy atom. The Labute approximate surface area is 199 Å². The number of amides is 1. The number of hydrogen-bond donors (Lipinski definition) is 2. The first-order valence-corrected chi connectivity index (χ1v) is 12.3. The summed E-state index contributed by atoms with van der Waals surface area (Å²) in [6.45, 7) is 2.05. The van der Waals surface area contributed by atoms with Crippen molar-refractivity contribution in [1.82, 2.24) is 9.78 Å². The Balaban J connectivity index is 1.35. The Morgan fingerprint density at radius 3 is 2.91 bits per heavy atom. The highest BCUT2D eigenvalue weighted by molar-refractivity contribution is 6.03. The second-order valence-electron chi connectivity index (χ2n) is 10.4. The molecule has 7 heteroatoms. The number of carbonyl (C=O) groups is 2. The van der Waals surface area contributed by atoms with E-state index in [1.54, 1.807) is 30.1 Å². The molecule has 2 N–H and O–H groups in total. The van der Waals surface area contributed by atoms with Gasteiger partial charge in [-0.1, -0.05) is 19.1 Å². The molecule has 5 rings (SSSR count). The van der Waals surface area contributed by atoms with Crippen LogP contribution in [0.4, 0.5) is 10.2 Å². The molecule has 1 aromatic carbocycles. The molecule has 2 fully saturated rings. The number of carbonyl (C=O) groups excluding carboxylic acids is 2. The molecule has 1 aromatic heterocycles. The van der Waals surface area contributed by atoms with Gasteiger partial charge in [0, 0.05) is 36.7 Å². The third-order valence-corrected chi connectivity index (χ3v) is 8.62. The monoisotopic (exact) mass is 465 g/mol. The van der Waals surface area contributed by atoms with Crippen molar-refractivity contribution >= 4 is 17.5 Å². The molecule has 1 heterocycles. The fraction of sp³-hybridized carbons (Fsp3) is 0.519. The summed E-state index contributed by atoms with van der Waals surface area (Å²) in [6, 6.07) is 7.13. The van der Waals surface area contributed by atoms with Crippen molar-refractivity contribution in [2.45, 2.75) is 57.8 Å². The second kappa shape index (κ2) is 8.67. The number of nitrogens with one attached hydrogen (secondary N) is 1. The molecule has 2 saturated carbocycles. The lowest BCUT2D eigenvalue weighted by Gasteiger charge is -2.49. The van der Waals surface area contributed by atoms with Gasteiger partial charge in [0.1, 0.15) is 5.82 Å². The van der Waals surface area contributed by atoms with Crippen LogP contribution in [-0.4, -0.2) is 26.6 Å². The second-order valence-corrected chi connectivity index (χ2v) is 10.4. The summed E-state index contributed by atoms with van der Waals surface area (Å²) >= 11 is 0. The van der Waals surface area contributed by atoms with Crippen LogP contribution in [0, 0.1) is 29.0 Å². The zero-order chi connectivity index (χ0) is 24.0. The Hall–Kier alpha value is -2.96. The molecular formula is C27H32FN3O3. The van der Waals surface area contributed by atoms with Crippen molar-refractivity contribution in [1.29, 1.82) is 0 Å². The smallest absolute Gasteiger partial charge is 0.225 e. The number of anilines is 1. The quantitative estimate of drug-likeness (QED) is 0.477. The van der Waals surface area contributed by atoms with Gasteiger partial charge in [0.15, 0.2) is 11.6 Å². The van der Waals surface area contributed by atoms with Crippen LogP contribution >= 0.6 is 0 Å². The fourth-order valence-corrected chi connectivity index (χ4v) is 7.18. The lowest BCUT2D eigenvalue weighted by molar-refractivity contribution is -0.127. The molecule has 2 aromatic rings. The number of allylic oxidation sites excluding steroid dienone is 1. The van der Waals surface area contributed by atoms with Gasteiger partial charge >= 0.3 is 0 Å². The zero-order valence-electron chi connectivity index (χ0n) is 19.8. The van der Waals surface area contributed by atoms with Crippen molar-refractivity contribution in [3.8, 4) is 0 Å². The normalized spacial score (nSPS) is 31.1. The molecule has 180 valence electrons. The highest BCUT2D eigenvalue weighted by Gasteiger charge is 2.60. The maximum absolute atomic E-state index is 14.5. The molecule has 1 amide bonds. The predicted molar refractivity (Wildman–Crippen MR) is 127 cm³/mol. The van der Waals surface area contributed by atoms with Crippen LogP contribution < -0.4 is 5.32 Å². The molecule has 0 spiro atoms. The Kier molecular flexibility index (Phi) is 5.82. The summed E-state index contributed by atoms with van der Waals surface area (Å²) in [5.74, 6) is 0.837. The molecule has 6 nitrogen and oxygen atoms in total. The minimum absolute atomic E-state index is 0.0476. The lowest BCUT2D eigenvalue weighted by atomic mass is 9.54. The number of aryl methyl sites for hydroxylation is 1. The van der Waals surface area contributed by atoms with E-state index in [1.807, 2.05) is 0 Å². The molecule has 3 unspecified atom stereocenters. The summed E-state index contributed by atoms with van der Waals surface area (Å²) < 4.78 is 16.1. The van der Waals surface area contributed by atoms with Gasteiger partial charge in [-0.25, -0.2) is 4.39 Å². The number of halogens is 1. The van der Waals surface area contributed by atoms with Crippen LogP contribution in [0.2, 0.25) is 0 Å². The highest BCUT2D eigenvalue weighted by atomic mass is 19.1. The number of rotatable bonds is 5. The van der Waals surface area contributed by atoms with Gasteiger partial charge in [0.05, 0.1) is 6.26 Å². The number of fused-ring (bicyclic) bond motifs is 5. The maximum atomic E-state index is 14.5. The Morgan fingerprint density at radius 2 is 2.18 bits per heavy atom. The lowest BCUT2D eigenvalue weighted by Crippen LogP contribution is -2.44. The van der Waals surface area contributed by atoms with Gasteiger partial charge in [-0.15, -0.1) is 0 Å². The van der Waals surface area contributed by atoms with Crippen molar-refractivity contribution in [2.75, 3.05) is 5.32 Å². The zero-order valence-corrected chi connectivity index (χ0v) is 19.8. The van der Waals surface area contributed by atoms with Gasteiger partial charge in [0.25, 0.3) is 0 Å². The van der Waals surface area contributed by atoms with Crippen molar-refractivity contribution < 1.29 is 19.1 Å². The van der Waals surface area contributed by atoms with E-state index in [9.17, 15) is 19.1 Å². The first-order valence-electron chi connectivity index (χ1n) is 12.3. The first-order chi connectivity index (χ1) is 16.3. The third-order valence-electron chi connectivity index (χ3n) is 8.62. The number of Topliss-reactive ketones (excluding diaryl/α,β-unsaturated/α-hetero) is 1. The predicted octanol–water partition coefficient (Wildman–Crippen LogP) is 5.07. The van der Waals surface area contributed by atoms with E-state index in [2.05, 4.69) is 23.4 Å². The number of benzene rings is 1. The van der Waals surface area contributed by atoms with Crippen molar-refractivity contribution in [3.05, 3.63) is 59.2 Å². The van der Waals surface area contributed by atoms with Crippen molar-refractivity contribution in [2.24, 2.45) is 30.2 Å². The first kappa shape index (κ1) is 22.8. The minimum Gasteiger partial charge on any atom is -0.515 e. The molecular weight excluding hydrogens is 433 g/mol. The SMILES string of the molecule is Cn1ccc(NC(=O)CCC[C@@H]2/C(=C/O)C(=O)[C@@]3(C)CCC4c5cccc(F)c5CCC4C23)n1. The van der Waals surface area contributed by atoms with E-state index in [0.717, 1.165) is 36.7 Å². The van der Waals surface area contributed by atoms with Gasteiger partial charge in [0.2, 0.25) is 5.91 Å². The number of ketones is 1. The van der Waals surface area contributed by atoms with Gasteiger partial charge < -0.3 is 10.4 Å². The van der Waals surface area contributed by atoms with Gasteiger partial charge in [-0.3, -0.25) is 14.3 Å². The van der Waals surface area contributed by atoms with E-state index < -0.39 is 5.41 Å². The molecule has 3 aliphatic rings. The summed E-state index contributed by atoms with van der Waals surface area (Å²) in [5, 5.41) is 17.0. The Bertz CT molecular complexity index is 1160. The molecule has 3 aliphatic carbocycles. The van der Waals surface area contributed by atoms with Gasteiger partial charge in [-0.2, -0.15) is 5.10 Å². The topological polar surface area (TPSA) is 84.2 Å². The van der Waals surface area contributed by atoms with E-state index >= 15 is 0 Å². The molecule has 0 saturated heterocycles. The highest BCUT2D eigenvalue weighted by Crippen LogP contribution is 2.63. The molecule has 0 radical (unpaired) electrons. The van der Waals surface area contributed by atoms with E-state index in [0.29, 0.717) is 37.1 Å². The minimum atomic E-state index is -0.512. The number of hydrogen-bond acceptors (Lipinski definition) is 4. The molecule has 0 bridgehead atoms. The van der Waals surface area contributed by atoms with Crippen LogP contribution in [-0.2, 0) is 23.1 Å². The molecule has 34 heavy (non-hydrogen) atoms. The number of aliphatic hydroxyl groups excluding tert-OH is 1. The average Bonchev–Trinajstić information content (AvgIpc) is 3.31. The van der Waals surface area contributed by atoms with Gasteiger partial charge in [-0.05, 0) is 79.4 Å². The van der Waals surface area contributed by atoms with E-state index in [-0.39, 0.29) is 41.2 Å². The van der Waals surface area contributed by atoms with Crippen LogP contribution in [0.3, 0.4) is 0 Å². The average molecular weight is 466 g/mol. The third kappa shape index (κ3) is 3.65. The number of aromatic nitrogens is 2. The van der Waals surface area contributed by atoms with Crippen LogP contribution in [0.5, 0.6) is 0 Å². The molecule has 0 aliphatic heterocycles. The van der Waals surface area contributed by atoms with Crippen LogP contribution in [0.15, 0.2) is 42.3 Å². The van der Waals surface area contributed by atoms with Crippen LogP contribution in [0.1, 0.15) is 62.5 Å². The summed E-state index contributed by atoms with van der Waals surface area (Å²) in [6.07, 6.45) is 7.51. The largest absolute Gasteiger partial charge is 0.515 e. The summed E-state index contributed by atoms with van der Waals surface area (Å²) in [5.41, 5.74) is 1.92. The number of nitrogens with zero attached hydrogens (tertiary/aromatic N) is 2. The van der Waals surface area contributed by atoms with Crippen molar-refractivity contribution in [3.63, 3.8) is 0 Å². The van der Waals surface area contributed by atoms with Crippen LogP contribution in [0.25, 0.3) is 0 Å². The fourth-order valence-electron chi connectivity index (χ4n) is 7.18. The summed E-state index contributed by atoms with van der Waals surface area (Å²) in [7, 11) is 1.79. The standard InChI is InChI=1S/C27H32FN3O3/c1-27-13-11-17-16-5-3-7-22(28)18(16)9-10-20(17)25(27)19(21(15-32)26(27)34)6-4-8-24(33)29-23-12-14-31(2)30-23/h3,5,7,12,14-15,17,19-20,25,32H,4,6,8-11,13H2,1-2H3,(H,29,30,33)/b21-15-/t17?,19-,20?,25?,27+/m1/s1.